The minimum Gasteiger partial charge on any atom is -0.332 e. The molecule has 0 saturated carbocycles. The molecule has 1 aromatic heterocycles. The highest BCUT2D eigenvalue weighted by Crippen LogP contribution is 2.17. The van der Waals surface area contributed by atoms with Gasteiger partial charge in [-0.25, -0.2) is 18.6 Å². The van der Waals surface area contributed by atoms with Crippen molar-refractivity contribution >= 4 is 17.4 Å². The molecule has 1 heterocycles. The highest BCUT2D eigenvalue weighted by Gasteiger charge is 2.12. The SMILES string of the molecule is Cc1nc(CNC(=O)N[C@H](C)c2ccc(F)c(F)c2)sc1C. The van der Waals surface area contributed by atoms with E-state index in [9.17, 15) is 13.6 Å². The summed E-state index contributed by atoms with van der Waals surface area (Å²) < 4.78 is 26.1. The maximum Gasteiger partial charge on any atom is 0.315 e. The van der Waals surface area contributed by atoms with E-state index in [4.69, 9.17) is 0 Å². The molecule has 0 fully saturated rings. The van der Waals surface area contributed by atoms with E-state index in [-0.39, 0.29) is 6.03 Å². The molecule has 0 saturated heterocycles. The Labute approximate surface area is 131 Å². The number of thiazole rings is 1. The lowest BCUT2D eigenvalue weighted by Crippen LogP contribution is -2.36. The van der Waals surface area contributed by atoms with Crippen LogP contribution in [0.1, 0.15) is 34.1 Å². The van der Waals surface area contributed by atoms with Crippen LogP contribution >= 0.6 is 11.3 Å². The van der Waals surface area contributed by atoms with E-state index < -0.39 is 17.7 Å². The van der Waals surface area contributed by atoms with Gasteiger partial charge < -0.3 is 10.6 Å². The van der Waals surface area contributed by atoms with Gasteiger partial charge in [0.05, 0.1) is 18.3 Å². The van der Waals surface area contributed by atoms with E-state index in [1.807, 2.05) is 13.8 Å². The van der Waals surface area contributed by atoms with Gasteiger partial charge in [0, 0.05) is 4.88 Å². The first-order valence-corrected chi connectivity index (χ1v) is 7.60. The van der Waals surface area contributed by atoms with E-state index in [1.54, 1.807) is 6.92 Å². The van der Waals surface area contributed by atoms with E-state index in [0.717, 1.165) is 27.7 Å². The predicted octanol–water partition coefficient (Wildman–Crippen LogP) is 3.60. The number of carbonyl (C=O) groups is 1. The number of rotatable bonds is 4. The Morgan fingerprint density at radius 2 is 2.05 bits per heavy atom. The van der Waals surface area contributed by atoms with Crippen LogP contribution in [0.4, 0.5) is 13.6 Å². The average Bonchev–Trinajstić information content (AvgIpc) is 2.78. The van der Waals surface area contributed by atoms with Crippen molar-refractivity contribution in [2.75, 3.05) is 0 Å². The summed E-state index contributed by atoms with van der Waals surface area (Å²) >= 11 is 1.53. The van der Waals surface area contributed by atoms with Crippen LogP contribution in [0.3, 0.4) is 0 Å². The molecule has 2 amide bonds. The zero-order valence-electron chi connectivity index (χ0n) is 12.5. The van der Waals surface area contributed by atoms with Gasteiger partial charge in [-0.3, -0.25) is 0 Å². The van der Waals surface area contributed by atoms with Gasteiger partial charge in [0.15, 0.2) is 11.6 Å². The van der Waals surface area contributed by atoms with Crippen LogP contribution in [0.5, 0.6) is 0 Å². The molecule has 0 aliphatic carbocycles. The zero-order valence-corrected chi connectivity index (χ0v) is 13.4. The number of benzene rings is 1. The molecule has 0 bridgehead atoms. The minimum absolute atomic E-state index is 0.329. The van der Waals surface area contributed by atoms with Crippen molar-refractivity contribution in [3.05, 3.63) is 51.0 Å². The topological polar surface area (TPSA) is 54.0 Å². The fourth-order valence-electron chi connectivity index (χ4n) is 1.88. The molecule has 2 aromatic rings. The van der Waals surface area contributed by atoms with E-state index in [2.05, 4.69) is 15.6 Å². The molecule has 22 heavy (non-hydrogen) atoms. The van der Waals surface area contributed by atoms with Crippen LogP contribution in [-0.2, 0) is 6.54 Å². The van der Waals surface area contributed by atoms with Crippen molar-refractivity contribution in [1.29, 1.82) is 0 Å². The van der Waals surface area contributed by atoms with Gasteiger partial charge in [-0.15, -0.1) is 11.3 Å². The number of nitrogens with zero attached hydrogens (tertiary/aromatic N) is 1. The molecule has 0 aliphatic rings. The fourth-order valence-corrected chi connectivity index (χ4v) is 2.76. The minimum atomic E-state index is -0.930. The van der Waals surface area contributed by atoms with Gasteiger partial charge >= 0.3 is 6.03 Å². The predicted molar refractivity (Wildman–Crippen MR) is 81.7 cm³/mol. The van der Waals surface area contributed by atoms with Crippen molar-refractivity contribution in [1.82, 2.24) is 15.6 Å². The molecule has 2 N–H and O–H groups in total. The summed E-state index contributed by atoms with van der Waals surface area (Å²) in [6, 6.07) is 2.74. The quantitative estimate of drug-likeness (QED) is 0.902. The second kappa shape index (κ2) is 6.83. The number of aryl methyl sites for hydroxylation is 2. The lowest BCUT2D eigenvalue weighted by molar-refractivity contribution is 0.237. The van der Waals surface area contributed by atoms with Gasteiger partial charge in [-0.1, -0.05) is 6.07 Å². The average molecular weight is 325 g/mol. The Kier molecular flexibility index (Phi) is 5.07. The summed E-state index contributed by atoms with van der Waals surface area (Å²) in [5, 5.41) is 6.19. The molecular formula is C15H17F2N3OS. The number of hydrogen-bond acceptors (Lipinski definition) is 3. The molecule has 7 heteroatoms. The van der Waals surface area contributed by atoms with Crippen molar-refractivity contribution in [3.63, 3.8) is 0 Å². The highest BCUT2D eigenvalue weighted by atomic mass is 32.1. The molecule has 1 aromatic carbocycles. The highest BCUT2D eigenvalue weighted by molar-refractivity contribution is 7.11. The molecule has 0 spiro atoms. The summed E-state index contributed by atoms with van der Waals surface area (Å²) in [7, 11) is 0. The van der Waals surface area contributed by atoms with Crippen LogP contribution in [0.2, 0.25) is 0 Å². The van der Waals surface area contributed by atoms with Crippen molar-refractivity contribution in [3.8, 4) is 0 Å². The molecular weight excluding hydrogens is 308 g/mol. The van der Waals surface area contributed by atoms with Gasteiger partial charge in [-0.05, 0) is 38.5 Å². The Hall–Kier alpha value is -2.02. The number of nitrogens with one attached hydrogen (secondary N) is 2. The summed E-state index contributed by atoms with van der Waals surface area (Å²) in [6.07, 6.45) is 0. The number of urea groups is 1. The molecule has 4 nitrogen and oxygen atoms in total. The summed E-state index contributed by atoms with van der Waals surface area (Å²) in [6.45, 7) is 5.92. The largest absolute Gasteiger partial charge is 0.332 e. The number of carbonyl (C=O) groups excluding carboxylic acids is 1. The van der Waals surface area contributed by atoms with E-state index in [0.29, 0.717) is 12.1 Å². The Morgan fingerprint density at radius 3 is 2.64 bits per heavy atom. The first-order valence-electron chi connectivity index (χ1n) is 6.79. The number of hydrogen-bond donors (Lipinski definition) is 2. The van der Waals surface area contributed by atoms with Crippen molar-refractivity contribution < 1.29 is 13.6 Å². The summed E-state index contributed by atoms with van der Waals surface area (Å²) in [5.74, 6) is -1.84. The van der Waals surface area contributed by atoms with Gasteiger partial charge in [0.2, 0.25) is 0 Å². The maximum absolute atomic E-state index is 13.2. The lowest BCUT2D eigenvalue weighted by Gasteiger charge is -2.15. The fraction of sp³-hybridized carbons (Fsp3) is 0.333. The third-order valence-corrected chi connectivity index (χ3v) is 4.34. The normalized spacial score (nSPS) is 12.0. The number of amides is 2. The summed E-state index contributed by atoms with van der Waals surface area (Å²) in [4.78, 5) is 17.3. The second-order valence-electron chi connectivity index (χ2n) is 4.97. The Morgan fingerprint density at radius 1 is 1.32 bits per heavy atom. The number of aromatic nitrogens is 1. The molecule has 0 aliphatic heterocycles. The van der Waals surface area contributed by atoms with Crippen LogP contribution < -0.4 is 10.6 Å². The van der Waals surface area contributed by atoms with Crippen LogP contribution in [0, 0.1) is 25.5 Å². The Bertz CT molecular complexity index is 668. The zero-order chi connectivity index (χ0) is 16.3. The maximum atomic E-state index is 13.2. The van der Waals surface area contributed by atoms with Crippen LogP contribution in [0.25, 0.3) is 0 Å². The lowest BCUT2D eigenvalue weighted by atomic mass is 10.1. The Balaban J connectivity index is 1.89. The molecule has 0 unspecified atom stereocenters. The second-order valence-corrected chi connectivity index (χ2v) is 6.26. The first-order chi connectivity index (χ1) is 10.4. The monoisotopic (exact) mass is 325 g/mol. The smallest absolute Gasteiger partial charge is 0.315 e. The van der Waals surface area contributed by atoms with Gasteiger partial charge in [0.1, 0.15) is 5.01 Å². The third-order valence-electron chi connectivity index (χ3n) is 3.26. The standard InChI is InChI=1S/C15H17F2N3OS/c1-8-10(3)22-14(19-8)7-18-15(21)20-9(2)11-4-5-12(16)13(17)6-11/h4-6,9H,7H2,1-3H3,(H2,18,20,21)/t9-/m1/s1. The van der Waals surface area contributed by atoms with Crippen LogP contribution in [-0.4, -0.2) is 11.0 Å². The third kappa shape index (κ3) is 4.00. The molecule has 2 rings (SSSR count). The molecule has 0 radical (unpaired) electrons. The number of halogens is 2. The van der Waals surface area contributed by atoms with Crippen molar-refractivity contribution in [2.24, 2.45) is 0 Å². The van der Waals surface area contributed by atoms with Crippen molar-refractivity contribution in [2.45, 2.75) is 33.4 Å². The van der Waals surface area contributed by atoms with Gasteiger partial charge in [-0.2, -0.15) is 0 Å². The summed E-state index contributed by atoms with van der Waals surface area (Å²) in [5.41, 5.74) is 1.45. The molecule has 118 valence electrons. The van der Waals surface area contributed by atoms with Gasteiger partial charge in [0.25, 0.3) is 0 Å². The molecule has 1 atom stereocenters. The first kappa shape index (κ1) is 16.4. The van der Waals surface area contributed by atoms with Crippen LogP contribution in [0.15, 0.2) is 18.2 Å². The van der Waals surface area contributed by atoms with E-state index >= 15 is 0 Å². The van der Waals surface area contributed by atoms with E-state index in [1.165, 1.54) is 17.4 Å².